The third-order valence-electron chi connectivity index (χ3n) is 3.01. The molecule has 4 N–H and O–H groups in total. The molecule has 18 heavy (non-hydrogen) atoms. The molecule has 1 saturated carbocycles. The monoisotopic (exact) mass is 270 g/mol. The van der Waals surface area contributed by atoms with Crippen LogP contribution in [0, 0.1) is 0 Å². The van der Waals surface area contributed by atoms with Gasteiger partial charge < -0.3 is 21.1 Å². The third kappa shape index (κ3) is 2.56. The maximum Gasteiger partial charge on any atom is 0.257 e. The van der Waals surface area contributed by atoms with Gasteiger partial charge in [-0.15, -0.1) is 0 Å². The molecule has 0 aromatic carbocycles. The van der Waals surface area contributed by atoms with Crippen LogP contribution in [0.25, 0.3) is 0 Å². The molecule has 1 aromatic rings. The van der Waals surface area contributed by atoms with Crippen molar-refractivity contribution in [2.45, 2.75) is 31.9 Å². The number of carbonyl (C=O) groups excluding carboxylic acids is 1. The van der Waals surface area contributed by atoms with E-state index in [2.05, 4.69) is 15.0 Å². The molecule has 1 aromatic heterocycles. The standard InChI is InChI=1S/C11H18N4O2S/c1-3-17-7-4-6(5-7)14-11-8(10(16)13-2)9(12)15-18-11/h6-7,14H,3-5H2,1-2H3,(H2,12,15)(H,13,16). The van der Waals surface area contributed by atoms with Gasteiger partial charge in [-0.2, -0.15) is 4.37 Å². The highest BCUT2D eigenvalue weighted by Gasteiger charge is 2.31. The van der Waals surface area contributed by atoms with Gasteiger partial charge in [-0.3, -0.25) is 4.79 Å². The van der Waals surface area contributed by atoms with Crippen LogP contribution in [0.3, 0.4) is 0 Å². The van der Waals surface area contributed by atoms with E-state index in [-0.39, 0.29) is 11.7 Å². The molecule has 0 saturated heterocycles. The van der Waals surface area contributed by atoms with Crippen LogP contribution in [-0.4, -0.2) is 36.1 Å². The highest BCUT2D eigenvalue weighted by atomic mass is 32.1. The quantitative estimate of drug-likeness (QED) is 0.744. The Hall–Kier alpha value is -1.34. The number of ether oxygens (including phenoxy) is 1. The number of amides is 1. The largest absolute Gasteiger partial charge is 0.382 e. The minimum Gasteiger partial charge on any atom is -0.382 e. The van der Waals surface area contributed by atoms with Gasteiger partial charge in [-0.1, -0.05) is 0 Å². The van der Waals surface area contributed by atoms with Crippen molar-refractivity contribution < 1.29 is 9.53 Å². The summed E-state index contributed by atoms with van der Waals surface area (Å²) in [6, 6.07) is 0.338. The number of nitrogen functional groups attached to an aromatic ring is 1. The van der Waals surface area contributed by atoms with Gasteiger partial charge in [-0.05, 0) is 31.3 Å². The molecule has 1 aliphatic rings. The van der Waals surface area contributed by atoms with E-state index in [1.807, 2.05) is 6.92 Å². The van der Waals surface area contributed by atoms with Gasteiger partial charge in [0.05, 0.1) is 6.10 Å². The van der Waals surface area contributed by atoms with E-state index in [9.17, 15) is 4.79 Å². The lowest BCUT2D eigenvalue weighted by Gasteiger charge is -2.35. The normalized spacial score (nSPS) is 22.3. The summed E-state index contributed by atoms with van der Waals surface area (Å²) in [5.74, 6) is 0.0759. The van der Waals surface area contributed by atoms with Gasteiger partial charge in [0.2, 0.25) is 0 Å². The molecule has 1 heterocycles. The number of carbonyl (C=O) groups is 1. The molecule has 2 rings (SSSR count). The van der Waals surface area contributed by atoms with Crippen LogP contribution in [0.15, 0.2) is 0 Å². The molecule has 0 atom stereocenters. The number of aromatic nitrogens is 1. The average molecular weight is 270 g/mol. The number of anilines is 2. The molecule has 0 aliphatic heterocycles. The van der Waals surface area contributed by atoms with Crippen LogP contribution in [0.1, 0.15) is 30.1 Å². The molecule has 1 amide bonds. The number of nitrogens with zero attached hydrogens (tertiary/aromatic N) is 1. The molecule has 0 radical (unpaired) electrons. The Morgan fingerprint density at radius 2 is 2.33 bits per heavy atom. The highest BCUT2D eigenvalue weighted by molar-refractivity contribution is 7.11. The first kappa shape index (κ1) is 13.1. The summed E-state index contributed by atoms with van der Waals surface area (Å²) in [5, 5.41) is 6.62. The van der Waals surface area contributed by atoms with Crippen molar-refractivity contribution in [3.05, 3.63) is 5.56 Å². The molecule has 7 heteroatoms. The van der Waals surface area contributed by atoms with Crippen LogP contribution >= 0.6 is 11.5 Å². The smallest absolute Gasteiger partial charge is 0.257 e. The van der Waals surface area contributed by atoms with E-state index < -0.39 is 0 Å². The SMILES string of the molecule is CCOC1CC(Nc2snc(N)c2C(=O)NC)C1. The molecule has 0 bridgehead atoms. The second-order valence-corrected chi connectivity index (χ2v) is 5.01. The number of hydrogen-bond donors (Lipinski definition) is 3. The first-order valence-corrected chi connectivity index (χ1v) is 6.78. The fourth-order valence-corrected chi connectivity index (χ4v) is 2.77. The molecule has 0 unspecified atom stereocenters. The second kappa shape index (κ2) is 5.53. The highest BCUT2D eigenvalue weighted by Crippen LogP contribution is 2.32. The van der Waals surface area contributed by atoms with E-state index in [1.165, 1.54) is 11.5 Å². The zero-order valence-corrected chi connectivity index (χ0v) is 11.3. The molecule has 6 nitrogen and oxygen atoms in total. The van der Waals surface area contributed by atoms with Crippen molar-refractivity contribution in [1.82, 2.24) is 9.69 Å². The summed E-state index contributed by atoms with van der Waals surface area (Å²) in [6.45, 7) is 2.74. The summed E-state index contributed by atoms with van der Waals surface area (Å²) in [4.78, 5) is 11.7. The molecule has 100 valence electrons. The fourth-order valence-electron chi connectivity index (χ4n) is 1.99. The summed E-state index contributed by atoms with van der Waals surface area (Å²) in [6.07, 6.45) is 2.25. The van der Waals surface area contributed by atoms with Crippen LogP contribution in [0.2, 0.25) is 0 Å². The number of rotatable bonds is 5. The van der Waals surface area contributed by atoms with E-state index in [1.54, 1.807) is 7.05 Å². The number of nitrogens with one attached hydrogen (secondary N) is 2. The number of hydrogen-bond acceptors (Lipinski definition) is 6. The average Bonchev–Trinajstić information content (AvgIpc) is 2.67. The van der Waals surface area contributed by atoms with Crippen molar-refractivity contribution in [3.8, 4) is 0 Å². The van der Waals surface area contributed by atoms with Crippen molar-refractivity contribution in [3.63, 3.8) is 0 Å². The Morgan fingerprint density at radius 3 is 2.94 bits per heavy atom. The van der Waals surface area contributed by atoms with Crippen LogP contribution < -0.4 is 16.4 Å². The van der Waals surface area contributed by atoms with Gasteiger partial charge in [-0.25, -0.2) is 0 Å². The lowest BCUT2D eigenvalue weighted by Crippen LogP contribution is -2.41. The van der Waals surface area contributed by atoms with Gasteiger partial charge in [0.1, 0.15) is 10.6 Å². The lowest BCUT2D eigenvalue weighted by atomic mass is 9.89. The summed E-state index contributed by atoms with van der Waals surface area (Å²) in [7, 11) is 1.58. The Labute approximate surface area is 110 Å². The topological polar surface area (TPSA) is 89.3 Å². The lowest BCUT2D eigenvalue weighted by molar-refractivity contribution is 0.00305. The van der Waals surface area contributed by atoms with E-state index in [4.69, 9.17) is 10.5 Å². The van der Waals surface area contributed by atoms with E-state index in [0.29, 0.717) is 17.7 Å². The van der Waals surface area contributed by atoms with Crippen LogP contribution in [-0.2, 0) is 4.74 Å². The van der Waals surface area contributed by atoms with Crippen LogP contribution in [0.4, 0.5) is 10.8 Å². The first-order chi connectivity index (χ1) is 8.65. The molecular formula is C11H18N4O2S. The Morgan fingerprint density at radius 1 is 1.61 bits per heavy atom. The van der Waals surface area contributed by atoms with Crippen LogP contribution in [0.5, 0.6) is 0 Å². The summed E-state index contributed by atoms with van der Waals surface area (Å²) in [5.41, 5.74) is 6.15. The zero-order valence-electron chi connectivity index (χ0n) is 10.5. The zero-order chi connectivity index (χ0) is 13.1. The van der Waals surface area contributed by atoms with Crippen molar-refractivity contribution >= 4 is 28.3 Å². The second-order valence-electron chi connectivity index (χ2n) is 4.24. The predicted octanol–water partition coefficient (Wildman–Crippen LogP) is 1.06. The van der Waals surface area contributed by atoms with Crippen molar-refractivity contribution in [2.75, 3.05) is 24.7 Å². The van der Waals surface area contributed by atoms with Gasteiger partial charge in [0.15, 0.2) is 5.82 Å². The van der Waals surface area contributed by atoms with Gasteiger partial charge in [0, 0.05) is 19.7 Å². The Kier molecular flexibility index (Phi) is 4.03. The maximum absolute atomic E-state index is 11.7. The van der Waals surface area contributed by atoms with E-state index >= 15 is 0 Å². The summed E-state index contributed by atoms with van der Waals surface area (Å²) < 4.78 is 9.51. The summed E-state index contributed by atoms with van der Waals surface area (Å²) >= 11 is 1.22. The molecule has 1 aliphatic carbocycles. The van der Waals surface area contributed by atoms with Crippen molar-refractivity contribution in [1.29, 1.82) is 0 Å². The third-order valence-corrected chi connectivity index (χ3v) is 3.80. The minimum atomic E-state index is -0.204. The molecule has 0 spiro atoms. The maximum atomic E-state index is 11.7. The van der Waals surface area contributed by atoms with E-state index in [0.717, 1.165) is 24.4 Å². The molecule has 1 fully saturated rings. The van der Waals surface area contributed by atoms with Gasteiger partial charge >= 0.3 is 0 Å². The van der Waals surface area contributed by atoms with Crippen molar-refractivity contribution in [2.24, 2.45) is 0 Å². The van der Waals surface area contributed by atoms with Gasteiger partial charge in [0.25, 0.3) is 5.91 Å². The fraction of sp³-hybridized carbons (Fsp3) is 0.636. The Balaban J connectivity index is 1.97. The minimum absolute atomic E-state index is 0.204. The predicted molar refractivity (Wildman–Crippen MR) is 72.0 cm³/mol. The molecular weight excluding hydrogens is 252 g/mol. The first-order valence-electron chi connectivity index (χ1n) is 6.01. The number of nitrogens with two attached hydrogens (primary N) is 1. The Bertz CT molecular complexity index is 429.